The summed E-state index contributed by atoms with van der Waals surface area (Å²) in [5, 5.41) is 0. The van der Waals surface area contributed by atoms with Gasteiger partial charge in [-0.25, -0.2) is 0 Å². The predicted molar refractivity (Wildman–Crippen MR) is 78.4 cm³/mol. The molecule has 2 N–H and O–H groups in total. The molecule has 0 aromatic heterocycles. The first kappa shape index (κ1) is 16.9. The minimum atomic E-state index is -0.235. The molecule has 0 aromatic carbocycles. The van der Waals surface area contributed by atoms with Crippen LogP contribution >= 0.6 is 15.9 Å². The lowest BCUT2D eigenvalue weighted by Gasteiger charge is -2.05. The highest BCUT2D eigenvalue weighted by atomic mass is 79.9. The Kier molecular flexibility index (Phi) is 12.4. The van der Waals surface area contributed by atoms with Gasteiger partial charge in [0, 0.05) is 0 Å². The van der Waals surface area contributed by atoms with E-state index in [0.29, 0.717) is 0 Å². The molecule has 0 bridgehead atoms. The van der Waals surface area contributed by atoms with Crippen LogP contribution in [0.2, 0.25) is 0 Å². The summed E-state index contributed by atoms with van der Waals surface area (Å²) in [7, 11) is 0. The van der Waals surface area contributed by atoms with Crippen molar-refractivity contribution in [2.24, 2.45) is 5.73 Å². The highest BCUT2D eigenvalue weighted by Gasteiger charge is 2.08. The molecule has 3 heteroatoms. The van der Waals surface area contributed by atoms with Crippen LogP contribution in [-0.4, -0.2) is 10.7 Å². The molecule has 1 amide bonds. The van der Waals surface area contributed by atoms with Crippen molar-refractivity contribution in [3.63, 3.8) is 0 Å². The van der Waals surface area contributed by atoms with E-state index in [1.54, 1.807) is 0 Å². The van der Waals surface area contributed by atoms with Crippen LogP contribution in [0.25, 0.3) is 0 Å². The fraction of sp³-hybridized carbons (Fsp3) is 0.929. The number of alkyl halides is 1. The molecule has 0 aromatic rings. The normalized spacial score (nSPS) is 12.6. The number of carbonyl (C=O) groups excluding carboxylic acids is 1. The quantitative estimate of drug-likeness (QED) is 0.417. The summed E-state index contributed by atoms with van der Waals surface area (Å²) in [5.41, 5.74) is 5.17. The van der Waals surface area contributed by atoms with E-state index in [2.05, 4.69) is 22.9 Å². The monoisotopic (exact) mass is 305 g/mol. The van der Waals surface area contributed by atoms with Gasteiger partial charge in [-0.1, -0.05) is 87.1 Å². The zero-order valence-electron chi connectivity index (χ0n) is 11.2. The number of carbonyl (C=O) groups is 1. The number of halogens is 1. The van der Waals surface area contributed by atoms with Crippen LogP contribution in [0.3, 0.4) is 0 Å². The fourth-order valence-corrected chi connectivity index (χ4v) is 2.28. The van der Waals surface area contributed by atoms with Gasteiger partial charge >= 0.3 is 0 Å². The SMILES string of the molecule is CCCCCCCCCCCCC(Br)C(N)=O. The maximum absolute atomic E-state index is 10.8. The van der Waals surface area contributed by atoms with Crippen LogP contribution in [0.15, 0.2) is 0 Å². The predicted octanol–water partition coefficient (Wildman–Crippen LogP) is 4.55. The van der Waals surface area contributed by atoms with Gasteiger partial charge in [0.1, 0.15) is 0 Å². The first-order chi connectivity index (χ1) is 8.18. The Balaban J connectivity index is 3.06. The minimum absolute atomic E-state index is 0.128. The zero-order chi connectivity index (χ0) is 12.9. The van der Waals surface area contributed by atoms with E-state index in [9.17, 15) is 4.79 Å². The number of hydrogen-bond donors (Lipinski definition) is 1. The second-order valence-corrected chi connectivity index (χ2v) is 5.95. The van der Waals surface area contributed by atoms with Crippen LogP contribution in [0.5, 0.6) is 0 Å². The Morgan fingerprint density at radius 3 is 1.76 bits per heavy atom. The van der Waals surface area contributed by atoms with E-state index in [0.717, 1.165) is 12.8 Å². The molecule has 0 spiro atoms. The molecular formula is C14H28BrNO. The third-order valence-corrected chi connectivity index (χ3v) is 4.03. The summed E-state index contributed by atoms with van der Waals surface area (Å²) in [6, 6.07) is 0. The van der Waals surface area contributed by atoms with Crippen LogP contribution < -0.4 is 5.73 Å². The summed E-state index contributed by atoms with van der Waals surface area (Å²) < 4.78 is 0. The first-order valence-electron chi connectivity index (χ1n) is 7.12. The van der Waals surface area contributed by atoms with Gasteiger partial charge in [-0.2, -0.15) is 0 Å². The lowest BCUT2D eigenvalue weighted by atomic mass is 10.1. The number of nitrogens with two attached hydrogens (primary N) is 1. The molecule has 0 saturated heterocycles. The fourth-order valence-electron chi connectivity index (χ4n) is 1.95. The highest BCUT2D eigenvalue weighted by molar-refractivity contribution is 9.10. The maximum atomic E-state index is 10.8. The van der Waals surface area contributed by atoms with Crippen molar-refractivity contribution in [3.05, 3.63) is 0 Å². The topological polar surface area (TPSA) is 43.1 Å². The molecule has 0 radical (unpaired) electrons. The average molecular weight is 306 g/mol. The second kappa shape index (κ2) is 12.4. The number of primary amides is 1. The van der Waals surface area contributed by atoms with Gasteiger partial charge in [0.05, 0.1) is 4.83 Å². The van der Waals surface area contributed by atoms with E-state index in [1.165, 1.54) is 57.8 Å². The maximum Gasteiger partial charge on any atom is 0.231 e. The molecule has 1 unspecified atom stereocenters. The van der Waals surface area contributed by atoms with Gasteiger partial charge in [0.2, 0.25) is 5.91 Å². The Morgan fingerprint density at radius 1 is 0.941 bits per heavy atom. The molecule has 17 heavy (non-hydrogen) atoms. The van der Waals surface area contributed by atoms with Gasteiger partial charge in [-0.05, 0) is 6.42 Å². The lowest BCUT2D eigenvalue weighted by molar-refractivity contribution is -0.117. The van der Waals surface area contributed by atoms with E-state index in [-0.39, 0.29) is 10.7 Å². The third-order valence-electron chi connectivity index (χ3n) is 3.12. The molecule has 102 valence electrons. The second-order valence-electron chi connectivity index (χ2n) is 4.84. The summed E-state index contributed by atoms with van der Waals surface area (Å²) in [4.78, 5) is 10.6. The Hall–Kier alpha value is -0.0500. The summed E-state index contributed by atoms with van der Waals surface area (Å²) >= 11 is 3.29. The molecule has 0 aliphatic carbocycles. The van der Waals surface area contributed by atoms with Gasteiger partial charge in [-0.15, -0.1) is 0 Å². The van der Waals surface area contributed by atoms with Crippen molar-refractivity contribution in [3.8, 4) is 0 Å². The van der Waals surface area contributed by atoms with Crippen LogP contribution in [-0.2, 0) is 4.79 Å². The molecule has 0 aliphatic rings. The summed E-state index contributed by atoms with van der Waals surface area (Å²) in [6.45, 7) is 2.25. The number of amides is 1. The Bertz CT molecular complexity index is 185. The smallest absolute Gasteiger partial charge is 0.231 e. The Morgan fingerprint density at radius 2 is 1.35 bits per heavy atom. The van der Waals surface area contributed by atoms with E-state index in [1.807, 2.05) is 0 Å². The lowest BCUT2D eigenvalue weighted by Crippen LogP contribution is -2.22. The van der Waals surface area contributed by atoms with Crippen LogP contribution in [0, 0.1) is 0 Å². The molecule has 0 heterocycles. The van der Waals surface area contributed by atoms with Gasteiger partial charge in [0.15, 0.2) is 0 Å². The van der Waals surface area contributed by atoms with Crippen LogP contribution in [0.4, 0.5) is 0 Å². The molecule has 1 atom stereocenters. The van der Waals surface area contributed by atoms with Gasteiger partial charge in [0.25, 0.3) is 0 Å². The van der Waals surface area contributed by atoms with Gasteiger partial charge < -0.3 is 5.73 Å². The van der Waals surface area contributed by atoms with Crippen molar-refractivity contribution in [1.82, 2.24) is 0 Å². The van der Waals surface area contributed by atoms with Crippen LogP contribution in [0.1, 0.15) is 77.6 Å². The van der Waals surface area contributed by atoms with E-state index in [4.69, 9.17) is 5.73 Å². The van der Waals surface area contributed by atoms with Crippen molar-refractivity contribution >= 4 is 21.8 Å². The largest absolute Gasteiger partial charge is 0.369 e. The number of hydrogen-bond acceptors (Lipinski definition) is 1. The summed E-state index contributed by atoms with van der Waals surface area (Å²) in [6.07, 6.45) is 14.1. The molecule has 2 nitrogen and oxygen atoms in total. The van der Waals surface area contributed by atoms with Crippen molar-refractivity contribution in [1.29, 1.82) is 0 Å². The minimum Gasteiger partial charge on any atom is -0.369 e. The molecule has 0 saturated carbocycles. The summed E-state index contributed by atoms with van der Waals surface area (Å²) in [5.74, 6) is -0.235. The number of rotatable bonds is 12. The molecule has 0 fully saturated rings. The first-order valence-corrected chi connectivity index (χ1v) is 8.03. The van der Waals surface area contributed by atoms with Crippen molar-refractivity contribution in [2.45, 2.75) is 82.4 Å². The zero-order valence-corrected chi connectivity index (χ0v) is 12.8. The Labute approximate surface area is 115 Å². The highest BCUT2D eigenvalue weighted by Crippen LogP contribution is 2.14. The average Bonchev–Trinajstić information content (AvgIpc) is 2.31. The standard InChI is InChI=1S/C14H28BrNO/c1-2-3-4-5-6-7-8-9-10-11-12-13(15)14(16)17/h13H,2-12H2,1H3,(H2,16,17). The van der Waals surface area contributed by atoms with E-state index < -0.39 is 0 Å². The van der Waals surface area contributed by atoms with E-state index >= 15 is 0 Å². The number of unbranched alkanes of at least 4 members (excludes halogenated alkanes) is 9. The van der Waals surface area contributed by atoms with Crippen molar-refractivity contribution < 1.29 is 4.79 Å². The molecule has 0 rings (SSSR count). The van der Waals surface area contributed by atoms with Gasteiger partial charge in [-0.3, -0.25) is 4.79 Å². The molecular weight excluding hydrogens is 278 g/mol. The third kappa shape index (κ3) is 12.2. The van der Waals surface area contributed by atoms with Crippen molar-refractivity contribution in [2.75, 3.05) is 0 Å². The molecule has 0 aliphatic heterocycles.